The topological polar surface area (TPSA) is 44.1 Å². The van der Waals surface area contributed by atoms with E-state index in [1.807, 2.05) is 31.2 Å². The van der Waals surface area contributed by atoms with E-state index < -0.39 is 0 Å². The van der Waals surface area contributed by atoms with Crippen LogP contribution in [0, 0.1) is 0 Å². The van der Waals surface area contributed by atoms with Gasteiger partial charge in [0.1, 0.15) is 5.75 Å². The highest BCUT2D eigenvalue weighted by Crippen LogP contribution is 2.16. The first-order chi connectivity index (χ1) is 9.60. The Morgan fingerprint density at radius 1 is 1.40 bits per heavy atom. The van der Waals surface area contributed by atoms with Crippen LogP contribution >= 0.6 is 11.6 Å². The Morgan fingerprint density at radius 2 is 2.10 bits per heavy atom. The molecule has 0 aliphatic heterocycles. The van der Waals surface area contributed by atoms with Crippen LogP contribution in [0.1, 0.15) is 23.0 Å². The lowest BCUT2D eigenvalue weighted by Crippen LogP contribution is -1.98. The van der Waals surface area contributed by atoms with E-state index in [9.17, 15) is 4.79 Å². The van der Waals surface area contributed by atoms with E-state index in [0.717, 1.165) is 11.3 Å². The molecule has 0 unspecified atom stereocenters. The fourth-order valence-electron chi connectivity index (χ4n) is 1.72. The first kappa shape index (κ1) is 14.3. The average Bonchev–Trinajstić information content (AvgIpc) is 2.77. The molecule has 0 aliphatic carbocycles. The maximum absolute atomic E-state index is 11.9. The standard InChI is InChI=1S/C15H15ClN2O2/c1-3-20-12-7-4-11(5-8-12)6-9-14(19)15-13(16)10-18(2)17-15/h4-10H,3H2,1-2H3/b9-6+. The molecule has 0 amide bonds. The van der Waals surface area contributed by atoms with E-state index >= 15 is 0 Å². The molecule has 104 valence electrons. The van der Waals surface area contributed by atoms with Crippen molar-refractivity contribution >= 4 is 23.5 Å². The summed E-state index contributed by atoms with van der Waals surface area (Å²) in [5.74, 6) is 0.591. The molecule has 20 heavy (non-hydrogen) atoms. The molecular formula is C15H15ClN2O2. The fraction of sp³-hybridized carbons (Fsp3) is 0.200. The lowest BCUT2D eigenvalue weighted by molar-refractivity contribution is 0.104. The summed E-state index contributed by atoms with van der Waals surface area (Å²) < 4.78 is 6.87. The van der Waals surface area contributed by atoms with Crippen molar-refractivity contribution in [2.75, 3.05) is 6.61 Å². The average molecular weight is 291 g/mol. The van der Waals surface area contributed by atoms with Gasteiger partial charge in [-0.1, -0.05) is 29.8 Å². The normalized spacial score (nSPS) is 10.9. The van der Waals surface area contributed by atoms with E-state index in [1.54, 1.807) is 19.3 Å². The van der Waals surface area contributed by atoms with E-state index in [1.165, 1.54) is 10.8 Å². The molecule has 0 radical (unpaired) electrons. The number of halogens is 1. The minimum Gasteiger partial charge on any atom is -0.494 e. The van der Waals surface area contributed by atoms with Crippen LogP contribution in [0.2, 0.25) is 5.02 Å². The summed E-state index contributed by atoms with van der Waals surface area (Å²) in [7, 11) is 1.72. The van der Waals surface area contributed by atoms with Crippen molar-refractivity contribution in [1.82, 2.24) is 9.78 Å². The van der Waals surface area contributed by atoms with Crippen molar-refractivity contribution in [3.05, 3.63) is 52.8 Å². The molecule has 0 bridgehead atoms. The number of ether oxygens (including phenoxy) is 1. The third kappa shape index (κ3) is 3.48. The maximum atomic E-state index is 11.9. The predicted octanol–water partition coefficient (Wildman–Crippen LogP) is 3.37. The smallest absolute Gasteiger partial charge is 0.207 e. The second kappa shape index (κ2) is 6.39. The van der Waals surface area contributed by atoms with Crippen LogP contribution in [-0.4, -0.2) is 22.2 Å². The molecule has 0 aliphatic rings. The number of ketones is 1. The minimum atomic E-state index is -0.218. The van der Waals surface area contributed by atoms with Crippen molar-refractivity contribution < 1.29 is 9.53 Å². The molecule has 0 spiro atoms. The van der Waals surface area contributed by atoms with Gasteiger partial charge >= 0.3 is 0 Å². The van der Waals surface area contributed by atoms with Crippen LogP contribution in [0.15, 0.2) is 36.5 Å². The lowest BCUT2D eigenvalue weighted by Gasteiger charge is -2.02. The number of hydrogen-bond acceptors (Lipinski definition) is 3. The monoisotopic (exact) mass is 290 g/mol. The highest BCUT2D eigenvalue weighted by Gasteiger charge is 2.11. The SMILES string of the molecule is CCOc1ccc(/C=C/C(=O)c2nn(C)cc2Cl)cc1. The quantitative estimate of drug-likeness (QED) is 0.626. The number of carbonyl (C=O) groups excluding carboxylic acids is 1. The van der Waals surface area contributed by atoms with Gasteiger partial charge in [0.2, 0.25) is 5.78 Å². The summed E-state index contributed by atoms with van der Waals surface area (Å²) in [6.07, 6.45) is 4.78. The van der Waals surface area contributed by atoms with Crippen LogP contribution in [0.4, 0.5) is 0 Å². The number of rotatable bonds is 5. The Balaban J connectivity index is 2.09. The van der Waals surface area contributed by atoms with Crippen molar-refractivity contribution in [2.24, 2.45) is 7.05 Å². The number of allylic oxidation sites excluding steroid dienone is 1. The number of nitrogens with zero attached hydrogens (tertiary/aromatic N) is 2. The van der Waals surface area contributed by atoms with Crippen molar-refractivity contribution in [1.29, 1.82) is 0 Å². The van der Waals surface area contributed by atoms with E-state index in [4.69, 9.17) is 16.3 Å². The molecule has 1 heterocycles. The van der Waals surface area contributed by atoms with Crippen LogP contribution in [0.3, 0.4) is 0 Å². The molecule has 1 aromatic carbocycles. The number of carbonyl (C=O) groups is 1. The van der Waals surface area contributed by atoms with Gasteiger partial charge < -0.3 is 4.74 Å². The van der Waals surface area contributed by atoms with Gasteiger partial charge in [0.05, 0.1) is 11.6 Å². The van der Waals surface area contributed by atoms with Crippen LogP contribution < -0.4 is 4.74 Å². The Bertz CT molecular complexity index is 630. The Labute approximate surface area is 122 Å². The van der Waals surface area contributed by atoms with Gasteiger partial charge in [-0.15, -0.1) is 0 Å². The molecule has 2 aromatic rings. The summed E-state index contributed by atoms with van der Waals surface area (Å²) in [5.41, 5.74) is 1.17. The molecular weight excluding hydrogens is 276 g/mol. The zero-order chi connectivity index (χ0) is 14.5. The zero-order valence-electron chi connectivity index (χ0n) is 11.3. The van der Waals surface area contributed by atoms with Crippen molar-refractivity contribution in [3.8, 4) is 5.75 Å². The van der Waals surface area contributed by atoms with E-state index in [2.05, 4.69) is 5.10 Å². The highest BCUT2D eigenvalue weighted by molar-refractivity contribution is 6.34. The van der Waals surface area contributed by atoms with Gasteiger partial charge in [-0.05, 0) is 30.7 Å². The molecule has 0 N–H and O–H groups in total. The summed E-state index contributed by atoms with van der Waals surface area (Å²) in [5, 5.41) is 4.38. The van der Waals surface area contributed by atoms with Gasteiger partial charge in [0.15, 0.2) is 5.69 Å². The van der Waals surface area contributed by atoms with Crippen LogP contribution in [0.5, 0.6) is 5.75 Å². The van der Waals surface area contributed by atoms with E-state index in [0.29, 0.717) is 11.6 Å². The summed E-state index contributed by atoms with van der Waals surface area (Å²) in [6, 6.07) is 7.49. The number of hydrogen-bond donors (Lipinski definition) is 0. The first-order valence-corrected chi connectivity index (χ1v) is 6.62. The summed E-state index contributed by atoms with van der Waals surface area (Å²) in [4.78, 5) is 11.9. The van der Waals surface area contributed by atoms with Gasteiger partial charge in [-0.3, -0.25) is 9.48 Å². The minimum absolute atomic E-state index is 0.218. The van der Waals surface area contributed by atoms with Crippen molar-refractivity contribution in [2.45, 2.75) is 6.92 Å². The van der Waals surface area contributed by atoms with Gasteiger partial charge in [0, 0.05) is 13.2 Å². The van der Waals surface area contributed by atoms with Crippen LogP contribution in [-0.2, 0) is 7.05 Å². The van der Waals surface area contributed by atoms with Gasteiger partial charge in [-0.25, -0.2) is 0 Å². The summed E-state index contributed by atoms with van der Waals surface area (Å²) >= 11 is 5.92. The largest absolute Gasteiger partial charge is 0.494 e. The molecule has 4 nitrogen and oxygen atoms in total. The Hall–Kier alpha value is -2.07. The second-order valence-corrected chi connectivity index (χ2v) is 4.61. The van der Waals surface area contributed by atoms with E-state index in [-0.39, 0.29) is 11.5 Å². The number of aryl methyl sites for hydroxylation is 1. The summed E-state index contributed by atoms with van der Waals surface area (Å²) in [6.45, 7) is 2.56. The Morgan fingerprint density at radius 3 is 2.65 bits per heavy atom. The molecule has 0 saturated carbocycles. The first-order valence-electron chi connectivity index (χ1n) is 6.24. The third-order valence-electron chi connectivity index (χ3n) is 2.64. The van der Waals surface area contributed by atoms with Gasteiger partial charge in [-0.2, -0.15) is 5.10 Å². The Kier molecular flexibility index (Phi) is 4.58. The number of aromatic nitrogens is 2. The van der Waals surface area contributed by atoms with Gasteiger partial charge in [0.25, 0.3) is 0 Å². The molecule has 1 aromatic heterocycles. The molecule has 0 atom stereocenters. The second-order valence-electron chi connectivity index (χ2n) is 4.20. The highest BCUT2D eigenvalue weighted by atomic mass is 35.5. The third-order valence-corrected chi connectivity index (χ3v) is 2.91. The fourth-order valence-corrected chi connectivity index (χ4v) is 1.99. The lowest BCUT2D eigenvalue weighted by atomic mass is 10.1. The molecule has 2 rings (SSSR count). The predicted molar refractivity (Wildman–Crippen MR) is 79.2 cm³/mol. The van der Waals surface area contributed by atoms with Crippen LogP contribution in [0.25, 0.3) is 6.08 Å². The zero-order valence-corrected chi connectivity index (χ0v) is 12.1. The van der Waals surface area contributed by atoms with Crippen molar-refractivity contribution in [3.63, 3.8) is 0 Å². The maximum Gasteiger partial charge on any atom is 0.207 e. The number of benzene rings is 1. The molecule has 0 saturated heterocycles. The molecule has 0 fully saturated rings. The molecule has 5 heteroatoms.